The van der Waals surface area contributed by atoms with Crippen LogP contribution in [0.4, 0.5) is 0 Å². The molecule has 24 heavy (non-hydrogen) atoms. The van der Waals surface area contributed by atoms with E-state index in [0.717, 1.165) is 16.3 Å². The molecule has 0 aliphatic carbocycles. The van der Waals surface area contributed by atoms with Crippen LogP contribution in [0, 0.1) is 0 Å². The first kappa shape index (κ1) is 18.8. The summed E-state index contributed by atoms with van der Waals surface area (Å²) in [6.45, 7) is 7.11. The summed E-state index contributed by atoms with van der Waals surface area (Å²) >= 11 is 5.89. The fourth-order valence-electron chi connectivity index (χ4n) is 2.38. The highest BCUT2D eigenvalue weighted by Gasteiger charge is 2.10. The first-order valence-electron chi connectivity index (χ1n) is 8.35. The zero-order valence-electron chi connectivity index (χ0n) is 14.5. The maximum absolute atomic E-state index is 10.1. The number of hydrogen-bond donors (Lipinski definition) is 2. The lowest BCUT2D eigenvalue weighted by Crippen LogP contribution is -2.33. The summed E-state index contributed by atoms with van der Waals surface area (Å²) in [5, 5.41) is 14.1. The smallest absolute Gasteiger partial charge is 0.119 e. The second kappa shape index (κ2) is 9.07. The highest BCUT2D eigenvalue weighted by Crippen LogP contribution is 2.19. The molecule has 0 aliphatic heterocycles. The average Bonchev–Trinajstić information content (AvgIpc) is 2.58. The molecular formula is C20H26ClNO2. The minimum Gasteiger partial charge on any atom is -0.491 e. The number of ether oxygens (including phenoxy) is 1. The van der Waals surface area contributed by atoms with Gasteiger partial charge < -0.3 is 15.2 Å². The Morgan fingerprint density at radius 1 is 0.958 bits per heavy atom. The number of aliphatic hydroxyl groups excluding tert-OH is 1. The van der Waals surface area contributed by atoms with Crippen molar-refractivity contribution in [3.63, 3.8) is 0 Å². The van der Waals surface area contributed by atoms with Crippen molar-refractivity contribution in [2.24, 2.45) is 0 Å². The molecule has 2 aromatic rings. The molecule has 2 N–H and O–H groups in total. The molecule has 2 rings (SSSR count). The summed E-state index contributed by atoms with van der Waals surface area (Å²) in [7, 11) is 0. The van der Waals surface area contributed by atoms with Gasteiger partial charge in [-0.25, -0.2) is 0 Å². The van der Waals surface area contributed by atoms with Crippen molar-refractivity contribution in [3.8, 4) is 5.75 Å². The van der Waals surface area contributed by atoms with E-state index in [1.807, 2.05) is 36.4 Å². The molecule has 0 fully saturated rings. The first-order chi connectivity index (χ1) is 11.5. The van der Waals surface area contributed by atoms with Crippen LogP contribution in [0.25, 0.3) is 0 Å². The highest BCUT2D eigenvalue weighted by atomic mass is 35.5. The molecule has 2 aromatic carbocycles. The standard InChI is InChI=1S/C20H26ClNO2/c1-14(2)16-6-10-20(11-7-16)24-13-19(23)12-22-15(3)17-4-8-18(21)9-5-17/h4-11,14-15,19,22-23H,12-13H2,1-3H3. The fourth-order valence-corrected chi connectivity index (χ4v) is 2.51. The number of nitrogens with one attached hydrogen (secondary N) is 1. The van der Waals surface area contributed by atoms with Crippen LogP contribution in [-0.4, -0.2) is 24.4 Å². The second-order valence-electron chi connectivity index (χ2n) is 6.37. The van der Waals surface area contributed by atoms with E-state index in [1.165, 1.54) is 5.56 Å². The van der Waals surface area contributed by atoms with Crippen molar-refractivity contribution < 1.29 is 9.84 Å². The predicted molar refractivity (Wildman–Crippen MR) is 99.9 cm³/mol. The van der Waals surface area contributed by atoms with Crippen LogP contribution in [0.5, 0.6) is 5.75 Å². The lowest BCUT2D eigenvalue weighted by atomic mass is 10.0. The Morgan fingerprint density at radius 2 is 1.54 bits per heavy atom. The van der Waals surface area contributed by atoms with Gasteiger partial charge in [-0.3, -0.25) is 0 Å². The molecule has 3 nitrogen and oxygen atoms in total. The number of halogens is 1. The van der Waals surface area contributed by atoms with Gasteiger partial charge in [-0.05, 0) is 48.2 Å². The van der Waals surface area contributed by atoms with Gasteiger partial charge in [0.25, 0.3) is 0 Å². The monoisotopic (exact) mass is 347 g/mol. The SMILES string of the molecule is CC(C)c1ccc(OCC(O)CNC(C)c2ccc(Cl)cc2)cc1. The number of benzene rings is 2. The summed E-state index contributed by atoms with van der Waals surface area (Å²) in [5.74, 6) is 1.28. The molecular weight excluding hydrogens is 322 g/mol. The van der Waals surface area contributed by atoms with Crippen LogP contribution in [0.15, 0.2) is 48.5 Å². The molecule has 0 saturated heterocycles. The van der Waals surface area contributed by atoms with Gasteiger partial charge >= 0.3 is 0 Å². The third kappa shape index (κ3) is 5.82. The zero-order chi connectivity index (χ0) is 17.5. The van der Waals surface area contributed by atoms with E-state index in [0.29, 0.717) is 12.5 Å². The van der Waals surface area contributed by atoms with Gasteiger partial charge in [0.2, 0.25) is 0 Å². The van der Waals surface area contributed by atoms with Crippen molar-refractivity contribution in [2.75, 3.05) is 13.2 Å². The highest BCUT2D eigenvalue weighted by molar-refractivity contribution is 6.30. The molecule has 0 bridgehead atoms. The summed E-state index contributed by atoms with van der Waals surface area (Å²) in [5.41, 5.74) is 2.41. The van der Waals surface area contributed by atoms with Gasteiger partial charge in [-0.1, -0.05) is 49.7 Å². The summed E-state index contributed by atoms with van der Waals surface area (Å²) in [6.07, 6.45) is -0.565. The van der Waals surface area contributed by atoms with Gasteiger partial charge in [0.15, 0.2) is 0 Å². The average molecular weight is 348 g/mol. The molecule has 4 heteroatoms. The minimum absolute atomic E-state index is 0.141. The molecule has 0 radical (unpaired) electrons. The maximum Gasteiger partial charge on any atom is 0.119 e. The number of hydrogen-bond acceptors (Lipinski definition) is 3. The Bertz CT molecular complexity index is 611. The molecule has 0 saturated carbocycles. The maximum atomic E-state index is 10.1. The zero-order valence-corrected chi connectivity index (χ0v) is 15.3. The number of aliphatic hydroxyl groups is 1. The first-order valence-corrected chi connectivity index (χ1v) is 8.73. The van der Waals surface area contributed by atoms with Crippen LogP contribution in [0.3, 0.4) is 0 Å². The quantitative estimate of drug-likeness (QED) is 0.735. The summed E-state index contributed by atoms with van der Waals surface area (Å²) in [6, 6.07) is 15.9. The number of rotatable bonds is 8. The van der Waals surface area contributed by atoms with E-state index in [1.54, 1.807) is 0 Å². The van der Waals surface area contributed by atoms with E-state index in [2.05, 4.69) is 38.2 Å². The molecule has 2 atom stereocenters. The fraction of sp³-hybridized carbons (Fsp3) is 0.400. The molecule has 0 spiro atoms. The van der Waals surface area contributed by atoms with Crippen molar-refractivity contribution in [3.05, 3.63) is 64.7 Å². The van der Waals surface area contributed by atoms with E-state index < -0.39 is 6.10 Å². The third-order valence-corrected chi connectivity index (χ3v) is 4.27. The van der Waals surface area contributed by atoms with Gasteiger partial charge in [0.05, 0.1) is 0 Å². The van der Waals surface area contributed by atoms with Crippen LogP contribution >= 0.6 is 11.6 Å². The van der Waals surface area contributed by atoms with Crippen molar-refractivity contribution >= 4 is 11.6 Å². The van der Waals surface area contributed by atoms with E-state index in [9.17, 15) is 5.11 Å². The Kier molecular flexibility index (Phi) is 7.10. The largest absolute Gasteiger partial charge is 0.491 e. The van der Waals surface area contributed by atoms with E-state index in [-0.39, 0.29) is 12.6 Å². The lowest BCUT2D eigenvalue weighted by molar-refractivity contribution is 0.104. The Hall–Kier alpha value is -1.55. The predicted octanol–water partition coefficient (Wildman–Crippen LogP) is 4.55. The molecule has 130 valence electrons. The van der Waals surface area contributed by atoms with Crippen LogP contribution < -0.4 is 10.1 Å². The van der Waals surface area contributed by atoms with Crippen molar-refractivity contribution in [1.29, 1.82) is 0 Å². The topological polar surface area (TPSA) is 41.5 Å². The van der Waals surface area contributed by atoms with E-state index >= 15 is 0 Å². The van der Waals surface area contributed by atoms with Crippen LogP contribution in [0.1, 0.15) is 43.9 Å². The molecule has 2 unspecified atom stereocenters. The Labute approximate surface area is 149 Å². The molecule has 0 heterocycles. The minimum atomic E-state index is -0.565. The molecule has 0 aliphatic rings. The summed E-state index contributed by atoms with van der Waals surface area (Å²) < 4.78 is 5.65. The van der Waals surface area contributed by atoms with Crippen molar-refractivity contribution in [2.45, 2.75) is 38.8 Å². The van der Waals surface area contributed by atoms with Crippen molar-refractivity contribution in [1.82, 2.24) is 5.32 Å². The van der Waals surface area contributed by atoms with Crippen LogP contribution in [-0.2, 0) is 0 Å². The lowest BCUT2D eigenvalue weighted by Gasteiger charge is -2.18. The van der Waals surface area contributed by atoms with Crippen LogP contribution in [0.2, 0.25) is 5.02 Å². The molecule has 0 aromatic heterocycles. The van der Waals surface area contributed by atoms with Gasteiger partial charge in [0.1, 0.15) is 18.5 Å². The molecule has 0 amide bonds. The van der Waals surface area contributed by atoms with Gasteiger partial charge in [-0.2, -0.15) is 0 Å². The van der Waals surface area contributed by atoms with E-state index in [4.69, 9.17) is 16.3 Å². The Balaban J connectivity index is 1.74. The van der Waals surface area contributed by atoms with Gasteiger partial charge in [-0.15, -0.1) is 0 Å². The normalized spacial score (nSPS) is 13.8. The Morgan fingerprint density at radius 3 is 2.12 bits per heavy atom. The van der Waals surface area contributed by atoms with Gasteiger partial charge in [0, 0.05) is 17.6 Å². The second-order valence-corrected chi connectivity index (χ2v) is 6.81. The third-order valence-electron chi connectivity index (χ3n) is 4.02. The summed E-state index contributed by atoms with van der Waals surface area (Å²) in [4.78, 5) is 0.